The minimum absolute atomic E-state index is 0.176. The molecule has 0 spiro atoms. The maximum absolute atomic E-state index is 11.4. The molecule has 2 rings (SSSR count). The van der Waals surface area contributed by atoms with Crippen LogP contribution in [0.25, 0.3) is 0 Å². The highest BCUT2D eigenvalue weighted by atomic mass is 32.2. The normalized spacial score (nSPS) is 10.2. The molecular formula is C14H14N2O3S. The summed E-state index contributed by atoms with van der Waals surface area (Å²) in [6, 6.07) is 9.02. The summed E-state index contributed by atoms with van der Waals surface area (Å²) in [5.41, 5.74) is 1.77. The molecule has 1 aromatic carbocycles. The van der Waals surface area contributed by atoms with Crippen molar-refractivity contribution in [1.82, 2.24) is 9.97 Å². The van der Waals surface area contributed by atoms with Gasteiger partial charge in [0.15, 0.2) is 5.16 Å². The molecule has 1 heterocycles. The van der Waals surface area contributed by atoms with E-state index in [9.17, 15) is 9.59 Å². The van der Waals surface area contributed by atoms with E-state index in [2.05, 4.69) is 14.7 Å². The third kappa shape index (κ3) is 3.96. The topological polar surface area (TPSA) is 72.0 Å². The van der Waals surface area contributed by atoms with Crippen molar-refractivity contribution in [2.75, 3.05) is 7.11 Å². The Morgan fingerprint density at radius 1 is 1.30 bits per heavy atom. The summed E-state index contributed by atoms with van der Waals surface area (Å²) in [4.78, 5) is 29.3. The summed E-state index contributed by atoms with van der Waals surface area (Å²) in [5.74, 6) is 0.355. The standard InChI is InChI=1S/C14H14N2O3S/c1-19-13(18)8-10-4-2-3-5-11(10)9-20-14-15-7-6-12(17)16-14/h2-7H,8-9H2,1H3,(H,15,16,17). The Morgan fingerprint density at radius 3 is 2.75 bits per heavy atom. The summed E-state index contributed by atoms with van der Waals surface area (Å²) < 4.78 is 4.68. The number of hydrogen-bond donors (Lipinski definition) is 1. The summed E-state index contributed by atoms with van der Waals surface area (Å²) in [5, 5.41) is 0.561. The quantitative estimate of drug-likeness (QED) is 0.516. The van der Waals surface area contributed by atoms with Gasteiger partial charge in [0.25, 0.3) is 5.56 Å². The van der Waals surface area contributed by atoms with E-state index in [-0.39, 0.29) is 17.9 Å². The summed E-state index contributed by atoms with van der Waals surface area (Å²) >= 11 is 1.42. The highest BCUT2D eigenvalue weighted by Gasteiger charge is 2.08. The van der Waals surface area contributed by atoms with Gasteiger partial charge in [-0.15, -0.1) is 0 Å². The van der Waals surface area contributed by atoms with Gasteiger partial charge < -0.3 is 9.72 Å². The summed E-state index contributed by atoms with van der Waals surface area (Å²) in [6.07, 6.45) is 1.72. The minimum atomic E-state index is -0.270. The molecule has 104 valence electrons. The molecule has 20 heavy (non-hydrogen) atoms. The molecule has 0 aliphatic heterocycles. The number of aromatic amines is 1. The van der Waals surface area contributed by atoms with Crippen molar-refractivity contribution in [1.29, 1.82) is 0 Å². The zero-order valence-corrected chi connectivity index (χ0v) is 11.8. The fraction of sp³-hybridized carbons (Fsp3) is 0.214. The van der Waals surface area contributed by atoms with Gasteiger partial charge in [0.05, 0.1) is 13.5 Å². The van der Waals surface area contributed by atoms with Crippen molar-refractivity contribution in [2.24, 2.45) is 0 Å². The molecule has 2 aromatic rings. The molecule has 0 saturated heterocycles. The average Bonchev–Trinajstić information content (AvgIpc) is 2.46. The van der Waals surface area contributed by atoms with E-state index in [1.807, 2.05) is 24.3 Å². The van der Waals surface area contributed by atoms with Crippen LogP contribution in [0.5, 0.6) is 0 Å². The highest BCUT2D eigenvalue weighted by Crippen LogP contribution is 2.21. The fourth-order valence-electron chi connectivity index (χ4n) is 1.67. The van der Waals surface area contributed by atoms with Gasteiger partial charge in [-0.3, -0.25) is 9.59 Å². The number of carbonyl (C=O) groups is 1. The van der Waals surface area contributed by atoms with Crippen LogP contribution in [0.15, 0.2) is 46.5 Å². The van der Waals surface area contributed by atoms with E-state index >= 15 is 0 Å². The summed E-state index contributed by atoms with van der Waals surface area (Å²) in [7, 11) is 1.37. The number of H-pyrrole nitrogens is 1. The number of hydrogen-bond acceptors (Lipinski definition) is 5. The lowest BCUT2D eigenvalue weighted by molar-refractivity contribution is -0.139. The molecular weight excluding hydrogens is 276 g/mol. The molecule has 0 radical (unpaired) electrons. The third-order valence-corrected chi connectivity index (χ3v) is 3.63. The second kappa shape index (κ2) is 6.91. The highest BCUT2D eigenvalue weighted by molar-refractivity contribution is 7.98. The molecule has 0 amide bonds. The molecule has 0 saturated carbocycles. The molecule has 1 aromatic heterocycles. The third-order valence-electron chi connectivity index (χ3n) is 2.69. The Balaban J connectivity index is 2.09. The van der Waals surface area contributed by atoms with Crippen LogP contribution in [-0.4, -0.2) is 23.0 Å². The second-order valence-corrected chi connectivity index (χ2v) is 5.01. The Morgan fingerprint density at radius 2 is 2.05 bits per heavy atom. The first-order chi connectivity index (χ1) is 9.69. The number of aromatic nitrogens is 2. The van der Waals surface area contributed by atoms with Gasteiger partial charge in [0, 0.05) is 18.0 Å². The SMILES string of the molecule is COC(=O)Cc1ccccc1CSc1nccc(=O)[nH]1. The first kappa shape index (κ1) is 14.3. The molecule has 0 bridgehead atoms. The first-order valence-electron chi connectivity index (χ1n) is 6.01. The number of thioether (sulfide) groups is 1. The van der Waals surface area contributed by atoms with Gasteiger partial charge in [-0.25, -0.2) is 4.98 Å². The molecule has 6 heteroatoms. The summed E-state index contributed by atoms with van der Waals surface area (Å²) in [6.45, 7) is 0. The fourth-order valence-corrected chi connectivity index (χ4v) is 2.55. The van der Waals surface area contributed by atoms with Crippen LogP contribution in [-0.2, 0) is 21.7 Å². The zero-order chi connectivity index (χ0) is 14.4. The second-order valence-electron chi connectivity index (χ2n) is 4.05. The number of benzene rings is 1. The lowest BCUT2D eigenvalue weighted by Crippen LogP contribution is -2.07. The predicted molar refractivity (Wildman–Crippen MR) is 76.6 cm³/mol. The van der Waals surface area contributed by atoms with Gasteiger partial charge in [0.2, 0.25) is 0 Å². The van der Waals surface area contributed by atoms with E-state index in [0.29, 0.717) is 10.9 Å². The number of nitrogens with one attached hydrogen (secondary N) is 1. The van der Waals surface area contributed by atoms with E-state index in [0.717, 1.165) is 11.1 Å². The van der Waals surface area contributed by atoms with Crippen molar-refractivity contribution >= 4 is 17.7 Å². The van der Waals surface area contributed by atoms with Crippen LogP contribution in [0.1, 0.15) is 11.1 Å². The van der Waals surface area contributed by atoms with Gasteiger partial charge in [0.1, 0.15) is 0 Å². The lowest BCUT2D eigenvalue weighted by Gasteiger charge is -2.07. The number of methoxy groups -OCH3 is 1. The molecule has 0 atom stereocenters. The Hall–Kier alpha value is -2.08. The number of nitrogens with zero attached hydrogens (tertiary/aromatic N) is 1. The Bertz CT molecular complexity index is 655. The maximum Gasteiger partial charge on any atom is 0.309 e. The van der Waals surface area contributed by atoms with Crippen LogP contribution in [0.4, 0.5) is 0 Å². The van der Waals surface area contributed by atoms with Crippen molar-refractivity contribution in [3.05, 3.63) is 58.0 Å². The van der Waals surface area contributed by atoms with Crippen LogP contribution < -0.4 is 5.56 Å². The molecule has 5 nitrogen and oxygen atoms in total. The predicted octanol–water partition coefficient (Wildman–Crippen LogP) is 1.78. The molecule has 0 aliphatic carbocycles. The lowest BCUT2D eigenvalue weighted by atomic mass is 10.1. The van der Waals surface area contributed by atoms with Crippen molar-refractivity contribution in [3.8, 4) is 0 Å². The first-order valence-corrected chi connectivity index (χ1v) is 6.99. The smallest absolute Gasteiger partial charge is 0.309 e. The van der Waals surface area contributed by atoms with Crippen molar-refractivity contribution in [3.63, 3.8) is 0 Å². The van der Waals surface area contributed by atoms with E-state index in [4.69, 9.17) is 0 Å². The number of ether oxygens (including phenoxy) is 1. The van der Waals surface area contributed by atoms with Crippen LogP contribution in [0, 0.1) is 0 Å². The molecule has 0 aliphatic rings. The van der Waals surface area contributed by atoms with Crippen LogP contribution in [0.2, 0.25) is 0 Å². The number of carbonyl (C=O) groups excluding carboxylic acids is 1. The van der Waals surface area contributed by atoms with Crippen LogP contribution in [0.3, 0.4) is 0 Å². The Labute approximate surface area is 120 Å². The number of esters is 1. The molecule has 0 fully saturated rings. The van der Waals surface area contributed by atoms with Crippen molar-refractivity contribution in [2.45, 2.75) is 17.3 Å². The monoisotopic (exact) mass is 290 g/mol. The zero-order valence-electron chi connectivity index (χ0n) is 11.0. The van der Waals surface area contributed by atoms with E-state index in [1.165, 1.54) is 31.1 Å². The maximum atomic E-state index is 11.4. The number of rotatable bonds is 5. The van der Waals surface area contributed by atoms with E-state index in [1.54, 1.807) is 0 Å². The average molecular weight is 290 g/mol. The minimum Gasteiger partial charge on any atom is -0.469 e. The van der Waals surface area contributed by atoms with Gasteiger partial charge in [-0.1, -0.05) is 36.0 Å². The largest absolute Gasteiger partial charge is 0.469 e. The van der Waals surface area contributed by atoms with E-state index < -0.39 is 0 Å². The molecule has 0 unspecified atom stereocenters. The van der Waals surface area contributed by atoms with Crippen LogP contribution >= 0.6 is 11.8 Å². The molecule has 1 N–H and O–H groups in total. The van der Waals surface area contributed by atoms with Gasteiger partial charge >= 0.3 is 5.97 Å². The van der Waals surface area contributed by atoms with Gasteiger partial charge in [-0.05, 0) is 11.1 Å². The van der Waals surface area contributed by atoms with Crippen molar-refractivity contribution < 1.29 is 9.53 Å². The Kier molecular flexibility index (Phi) is 4.95. The van der Waals surface area contributed by atoms with Gasteiger partial charge in [-0.2, -0.15) is 0 Å².